The molecule has 31 heavy (non-hydrogen) atoms. The Morgan fingerprint density at radius 3 is 2.13 bits per heavy atom. The number of hydrogen-bond donors (Lipinski definition) is 1. The lowest BCUT2D eigenvalue weighted by atomic mass is 10.1. The van der Waals surface area contributed by atoms with Crippen LogP contribution in [-0.2, 0) is 14.8 Å². The van der Waals surface area contributed by atoms with Gasteiger partial charge in [0.2, 0.25) is 15.9 Å². The molecule has 1 N–H and O–H groups in total. The molecule has 1 amide bonds. The van der Waals surface area contributed by atoms with Crippen molar-refractivity contribution in [3.8, 4) is 5.75 Å². The first kappa shape index (κ1) is 23.2. The van der Waals surface area contributed by atoms with Crippen LogP contribution >= 0.6 is 0 Å². The number of benzene rings is 2. The molecule has 7 nitrogen and oxygen atoms in total. The van der Waals surface area contributed by atoms with Crippen LogP contribution in [0.25, 0.3) is 0 Å². The molecule has 0 spiro atoms. The Bertz CT molecular complexity index is 988. The minimum Gasteiger partial charge on any atom is -0.497 e. The molecule has 0 bridgehead atoms. The van der Waals surface area contributed by atoms with E-state index in [1.54, 1.807) is 31.2 Å². The van der Waals surface area contributed by atoms with Gasteiger partial charge in [-0.15, -0.1) is 0 Å². The van der Waals surface area contributed by atoms with Gasteiger partial charge >= 0.3 is 0 Å². The van der Waals surface area contributed by atoms with Gasteiger partial charge in [-0.2, -0.15) is 4.31 Å². The van der Waals surface area contributed by atoms with Crippen LogP contribution < -0.4 is 10.1 Å². The summed E-state index contributed by atoms with van der Waals surface area (Å²) in [6, 6.07) is 11.7. The van der Waals surface area contributed by atoms with Crippen molar-refractivity contribution in [1.29, 1.82) is 0 Å². The third kappa shape index (κ3) is 5.41. The topological polar surface area (TPSA) is 79.0 Å². The van der Waals surface area contributed by atoms with Crippen LogP contribution in [0, 0.1) is 5.82 Å². The van der Waals surface area contributed by atoms with Crippen LogP contribution in [0.5, 0.6) is 5.75 Å². The van der Waals surface area contributed by atoms with Gasteiger partial charge in [-0.25, -0.2) is 12.8 Å². The van der Waals surface area contributed by atoms with Crippen molar-refractivity contribution in [2.45, 2.75) is 30.8 Å². The number of rotatable bonds is 7. The van der Waals surface area contributed by atoms with E-state index >= 15 is 0 Å². The van der Waals surface area contributed by atoms with Gasteiger partial charge in [-0.1, -0.05) is 12.1 Å². The summed E-state index contributed by atoms with van der Waals surface area (Å²) in [6.45, 7) is 5.17. The highest BCUT2D eigenvalue weighted by atomic mass is 32.2. The fourth-order valence-corrected chi connectivity index (χ4v) is 4.98. The molecule has 2 aromatic carbocycles. The molecule has 0 aliphatic carbocycles. The summed E-state index contributed by atoms with van der Waals surface area (Å²) in [5, 5.41) is 2.94. The largest absolute Gasteiger partial charge is 0.497 e. The fraction of sp³-hybridized carbons (Fsp3) is 0.409. The molecule has 1 heterocycles. The molecule has 2 aromatic rings. The molecule has 0 saturated carbocycles. The van der Waals surface area contributed by atoms with E-state index in [1.165, 1.54) is 35.7 Å². The maximum atomic E-state index is 13.1. The van der Waals surface area contributed by atoms with Gasteiger partial charge in [0.05, 0.1) is 24.1 Å². The summed E-state index contributed by atoms with van der Waals surface area (Å²) >= 11 is 0. The summed E-state index contributed by atoms with van der Waals surface area (Å²) in [4.78, 5) is 14.9. The third-order valence-corrected chi connectivity index (χ3v) is 7.54. The smallest absolute Gasteiger partial charge is 0.243 e. The lowest BCUT2D eigenvalue weighted by Crippen LogP contribution is -2.55. The fourth-order valence-electron chi connectivity index (χ4n) is 3.56. The molecule has 1 aliphatic heterocycles. The number of sulfonamides is 1. The van der Waals surface area contributed by atoms with E-state index in [4.69, 9.17) is 4.74 Å². The molecule has 2 unspecified atom stereocenters. The Hall–Kier alpha value is -2.49. The summed E-state index contributed by atoms with van der Waals surface area (Å²) < 4.78 is 45.4. The first-order valence-corrected chi connectivity index (χ1v) is 11.6. The molecule has 1 saturated heterocycles. The van der Waals surface area contributed by atoms with Gasteiger partial charge in [-0.05, 0) is 55.8 Å². The molecule has 168 valence electrons. The Labute approximate surface area is 182 Å². The average Bonchev–Trinajstić information content (AvgIpc) is 2.79. The van der Waals surface area contributed by atoms with Crippen molar-refractivity contribution < 1.29 is 22.3 Å². The van der Waals surface area contributed by atoms with Crippen molar-refractivity contribution in [1.82, 2.24) is 14.5 Å². The lowest BCUT2D eigenvalue weighted by Gasteiger charge is -2.37. The highest BCUT2D eigenvalue weighted by molar-refractivity contribution is 7.89. The standard InChI is InChI=1S/C22H28FN3O4S/c1-16(18-4-6-19(23)7-5-18)24-22(27)17(2)25-12-14-26(15-13-25)31(28,29)21-10-8-20(30-3)9-11-21/h4-11,16-17H,12-15H2,1-3H3,(H,24,27). The number of methoxy groups -OCH3 is 1. The maximum absolute atomic E-state index is 13.1. The molecular weight excluding hydrogens is 421 g/mol. The van der Waals surface area contributed by atoms with E-state index in [1.807, 2.05) is 11.8 Å². The van der Waals surface area contributed by atoms with Gasteiger partial charge in [0, 0.05) is 26.2 Å². The molecular formula is C22H28FN3O4S. The monoisotopic (exact) mass is 449 g/mol. The zero-order valence-electron chi connectivity index (χ0n) is 17.9. The van der Waals surface area contributed by atoms with Crippen molar-refractivity contribution in [3.63, 3.8) is 0 Å². The first-order chi connectivity index (χ1) is 14.7. The number of ether oxygens (including phenoxy) is 1. The molecule has 1 fully saturated rings. The summed E-state index contributed by atoms with van der Waals surface area (Å²) in [5.74, 6) is 0.125. The molecule has 2 atom stereocenters. The number of amides is 1. The predicted octanol–water partition coefficient (Wildman–Crippen LogP) is 2.41. The van der Waals surface area contributed by atoms with Crippen LogP contribution in [0.4, 0.5) is 4.39 Å². The molecule has 1 aliphatic rings. The lowest BCUT2D eigenvalue weighted by molar-refractivity contribution is -0.127. The Kier molecular flexibility index (Phi) is 7.30. The highest BCUT2D eigenvalue weighted by Gasteiger charge is 2.32. The highest BCUT2D eigenvalue weighted by Crippen LogP contribution is 2.21. The minimum absolute atomic E-state index is 0.150. The zero-order chi connectivity index (χ0) is 22.6. The zero-order valence-corrected chi connectivity index (χ0v) is 18.7. The van der Waals surface area contributed by atoms with Gasteiger partial charge in [-0.3, -0.25) is 9.69 Å². The second kappa shape index (κ2) is 9.76. The molecule has 9 heteroatoms. The predicted molar refractivity (Wildman–Crippen MR) is 116 cm³/mol. The van der Waals surface area contributed by atoms with E-state index in [0.717, 1.165) is 5.56 Å². The van der Waals surface area contributed by atoms with Gasteiger partial charge < -0.3 is 10.1 Å². The number of hydrogen-bond acceptors (Lipinski definition) is 5. The summed E-state index contributed by atoms with van der Waals surface area (Å²) in [5.41, 5.74) is 0.817. The van der Waals surface area contributed by atoms with Crippen molar-refractivity contribution >= 4 is 15.9 Å². The number of carbonyl (C=O) groups excluding carboxylic acids is 1. The summed E-state index contributed by atoms with van der Waals surface area (Å²) in [7, 11) is -2.07. The number of nitrogens with zero attached hydrogens (tertiary/aromatic N) is 2. The Morgan fingerprint density at radius 1 is 1.00 bits per heavy atom. The number of carbonyl (C=O) groups is 1. The number of nitrogens with one attached hydrogen (secondary N) is 1. The van der Waals surface area contributed by atoms with E-state index in [9.17, 15) is 17.6 Å². The van der Waals surface area contributed by atoms with Crippen molar-refractivity contribution in [3.05, 3.63) is 59.9 Å². The number of halogens is 1. The van der Waals surface area contributed by atoms with Crippen LogP contribution in [-0.4, -0.2) is 62.9 Å². The normalized spacial score (nSPS) is 17.7. The van der Waals surface area contributed by atoms with Gasteiger partial charge in [0.15, 0.2) is 0 Å². The van der Waals surface area contributed by atoms with Crippen LogP contribution in [0.15, 0.2) is 53.4 Å². The van der Waals surface area contributed by atoms with E-state index in [2.05, 4.69) is 5.32 Å². The second-order valence-corrected chi connectivity index (χ2v) is 9.51. The van der Waals surface area contributed by atoms with E-state index in [-0.39, 0.29) is 22.7 Å². The third-order valence-electron chi connectivity index (χ3n) is 5.63. The molecule has 3 rings (SSSR count). The molecule has 0 aromatic heterocycles. The SMILES string of the molecule is COc1ccc(S(=O)(=O)N2CCN(C(C)C(=O)NC(C)c3ccc(F)cc3)CC2)cc1. The Balaban J connectivity index is 1.56. The van der Waals surface area contributed by atoms with E-state index < -0.39 is 16.1 Å². The van der Waals surface area contributed by atoms with Crippen LogP contribution in [0.1, 0.15) is 25.5 Å². The first-order valence-electron chi connectivity index (χ1n) is 10.2. The number of piperazine rings is 1. The van der Waals surface area contributed by atoms with Gasteiger partial charge in [0.1, 0.15) is 11.6 Å². The minimum atomic E-state index is -3.60. The van der Waals surface area contributed by atoms with Crippen molar-refractivity contribution in [2.75, 3.05) is 33.3 Å². The van der Waals surface area contributed by atoms with Crippen molar-refractivity contribution in [2.24, 2.45) is 0 Å². The Morgan fingerprint density at radius 2 is 1.58 bits per heavy atom. The molecule has 0 radical (unpaired) electrons. The maximum Gasteiger partial charge on any atom is 0.243 e. The quantitative estimate of drug-likeness (QED) is 0.702. The average molecular weight is 450 g/mol. The van der Waals surface area contributed by atoms with Crippen LogP contribution in [0.3, 0.4) is 0 Å². The van der Waals surface area contributed by atoms with Gasteiger partial charge in [0.25, 0.3) is 0 Å². The van der Waals surface area contributed by atoms with E-state index in [0.29, 0.717) is 31.9 Å². The second-order valence-electron chi connectivity index (χ2n) is 7.57. The van der Waals surface area contributed by atoms with Crippen LogP contribution in [0.2, 0.25) is 0 Å². The summed E-state index contributed by atoms with van der Waals surface area (Å²) in [6.07, 6.45) is 0.